The van der Waals surface area contributed by atoms with Gasteiger partial charge in [-0.3, -0.25) is 9.59 Å². The summed E-state index contributed by atoms with van der Waals surface area (Å²) in [7, 11) is 0. The van der Waals surface area contributed by atoms with E-state index < -0.39 is 6.04 Å². The number of hydrogen-bond acceptors (Lipinski definition) is 6. The molecule has 164 valence electrons. The van der Waals surface area contributed by atoms with Crippen LogP contribution >= 0.6 is 0 Å². The van der Waals surface area contributed by atoms with Crippen molar-refractivity contribution in [1.29, 1.82) is 0 Å². The Kier molecular flexibility index (Phi) is 6.13. The summed E-state index contributed by atoms with van der Waals surface area (Å²) < 4.78 is 13.1. The number of nitrogens with two attached hydrogens (primary N) is 1. The van der Waals surface area contributed by atoms with Crippen LogP contribution in [0.4, 0.5) is 10.3 Å². The molecule has 9 heteroatoms. The van der Waals surface area contributed by atoms with Crippen molar-refractivity contribution in [1.82, 2.24) is 25.9 Å². The average Bonchev–Trinajstić information content (AvgIpc) is 3.36. The van der Waals surface area contributed by atoms with Crippen LogP contribution in [0.15, 0.2) is 30.5 Å². The number of halogens is 1. The smallest absolute Gasteiger partial charge is 0.242 e. The lowest BCUT2D eigenvalue weighted by atomic mass is 9.96. The van der Waals surface area contributed by atoms with E-state index in [0.29, 0.717) is 13.0 Å². The molecule has 31 heavy (non-hydrogen) atoms. The predicted molar refractivity (Wildman–Crippen MR) is 113 cm³/mol. The summed E-state index contributed by atoms with van der Waals surface area (Å²) in [6.45, 7) is 2.38. The van der Waals surface area contributed by atoms with Gasteiger partial charge in [0.1, 0.15) is 11.9 Å². The number of aromatic nitrogens is 2. The van der Waals surface area contributed by atoms with Crippen molar-refractivity contribution in [3.05, 3.63) is 53.1 Å². The van der Waals surface area contributed by atoms with Gasteiger partial charge in [-0.05, 0) is 62.8 Å². The van der Waals surface area contributed by atoms with E-state index in [1.54, 1.807) is 25.3 Å². The van der Waals surface area contributed by atoms with Gasteiger partial charge in [0.05, 0.1) is 17.8 Å². The van der Waals surface area contributed by atoms with Gasteiger partial charge in [0.25, 0.3) is 0 Å². The van der Waals surface area contributed by atoms with Gasteiger partial charge in [0, 0.05) is 11.8 Å². The van der Waals surface area contributed by atoms with Crippen LogP contribution in [-0.2, 0) is 22.4 Å². The molecule has 1 aliphatic carbocycles. The largest absolute Gasteiger partial charge is 0.368 e. The number of aryl methyl sites for hydroxylation is 1. The quantitative estimate of drug-likeness (QED) is 0.547. The third kappa shape index (κ3) is 4.99. The van der Waals surface area contributed by atoms with E-state index in [-0.39, 0.29) is 41.6 Å². The van der Waals surface area contributed by atoms with Gasteiger partial charge in [0.2, 0.25) is 17.8 Å². The number of benzene rings is 1. The van der Waals surface area contributed by atoms with Gasteiger partial charge in [-0.25, -0.2) is 14.4 Å². The van der Waals surface area contributed by atoms with Crippen molar-refractivity contribution in [2.24, 2.45) is 5.92 Å². The first kappa shape index (κ1) is 21.2. The van der Waals surface area contributed by atoms with Crippen molar-refractivity contribution in [3.8, 4) is 0 Å². The second-order valence-corrected chi connectivity index (χ2v) is 8.35. The number of hydrogen-bond donors (Lipinski definition) is 4. The highest BCUT2D eigenvalue weighted by Crippen LogP contribution is 2.29. The molecule has 1 saturated heterocycles. The lowest BCUT2D eigenvalue weighted by Crippen LogP contribution is -2.50. The number of carbonyl (C=O) groups excluding carboxylic acids is 2. The number of anilines is 1. The van der Waals surface area contributed by atoms with Crippen LogP contribution in [0.3, 0.4) is 0 Å². The molecule has 5 N–H and O–H groups in total. The molecule has 1 fully saturated rings. The Morgan fingerprint density at radius 1 is 1.32 bits per heavy atom. The van der Waals surface area contributed by atoms with Gasteiger partial charge < -0.3 is 21.7 Å². The van der Waals surface area contributed by atoms with E-state index in [1.807, 2.05) is 0 Å². The van der Waals surface area contributed by atoms with Crippen LogP contribution in [0, 0.1) is 11.7 Å². The van der Waals surface area contributed by atoms with Gasteiger partial charge in [-0.2, -0.15) is 0 Å². The molecule has 2 amide bonds. The van der Waals surface area contributed by atoms with Crippen molar-refractivity contribution < 1.29 is 14.0 Å². The third-order valence-corrected chi connectivity index (χ3v) is 6.01. The topological polar surface area (TPSA) is 122 Å². The zero-order valence-electron chi connectivity index (χ0n) is 17.4. The van der Waals surface area contributed by atoms with Gasteiger partial charge in [-0.1, -0.05) is 12.1 Å². The number of carbonyl (C=O) groups is 2. The molecule has 2 aliphatic rings. The first-order valence-electron chi connectivity index (χ1n) is 10.6. The van der Waals surface area contributed by atoms with Crippen LogP contribution in [-0.4, -0.2) is 40.4 Å². The Morgan fingerprint density at radius 3 is 2.87 bits per heavy atom. The molecule has 0 radical (unpaired) electrons. The molecule has 1 aliphatic heterocycles. The highest BCUT2D eigenvalue weighted by Gasteiger charge is 2.32. The maximum absolute atomic E-state index is 13.1. The van der Waals surface area contributed by atoms with E-state index in [9.17, 15) is 14.0 Å². The standard InChI is InChI=1S/C22H27FN6O2/c1-12(20(30)28-17-6-7-18-16(17)11-26-22(24)29-18)27-21(31)19-9-14(10-25-19)8-13-2-4-15(23)5-3-13/h2-5,11-12,14,17,19,25H,6-10H2,1H3,(H,27,31)(H,28,30)(H2,24,26,29)/t12-,14-,17?,19+/m0/s1. The van der Waals surface area contributed by atoms with Crippen molar-refractivity contribution in [2.75, 3.05) is 12.3 Å². The van der Waals surface area contributed by atoms with E-state index in [2.05, 4.69) is 25.9 Å². The zero-order valence-corrected chi connectivity index (χ0v) is 17.4. The Bertz CT molecular complexity index is 967. The van der Waals surface area contributed by atoms with E-state index in [4.69, 9.17) is 5.73 Å². The summed E-state index contributed by atoms with van der Waals surface area (Å²) in [6.07, 6.45) is 4.57. The molecule has 8 nitrogen and oxygen atoms in total. The number of nitrogens with zero attached hydrogens (tertiary/aromatic N) is 2. The molecule has 2 heterocycles. The van der Waals surface area contributed by atoms with Crippen LogP contribution < -0.4 is 21.7 Å². The summed E-state index contributed by atoms with van der Waals surface area (Å²) in [5, 5.41) is 9.00. The van der Waals surface area contributed by atoms with Gasteiger partial charge in [-0.15, -0.1) is 0 Å². The first-order valence-corrected chi connectivity index (χ1v) is 10.6. The molecule has 4 atom stereocenters. The molecule has 0 spiro atoms. The number of rotatable bonds is 6. The number of fused-ring (bicyclic) bond motifs is 1. The lowest BCUT2D eigenvalue weighted by Gasteiger charge is -2.20. The summed E-state index contributed by atoms with van der Waals surface area (Å²) in [5.41, 5.74) is 8.40. The Hall–Kier alpha value is -3.07. The SMILES string of the molecule is C[C@H](NC(=O)[C@H]1C[C@H](Cc2ccc(F)cc2)CN1)C(=O)NC1CCc2nc(N)ncc21. The minimum absolute atomic E-state index is 0.174. The fourth-order valence-electron chi connectivity index (χ4n) is 4.31. The second-order valence-electron chi connectivity index (χ2n) is 8.35. The Labute approximate surface area is 180 Å². The second kappa shape index (κ2) is 8.97. The molecule has 1 aromatic heterocycles. The molecule has 4 rings (SSSR count). The average molecular weight is 426 g/mol. The fourth-order valence-corrected chi connectivity index (χ4v) is 4.31. The van der Waals surface area contributed by atoms with Crippen LogP contribution in [0.5, 0.6) is 0 Å². The van der Waals surface area contributed by atoms with Crippen molar-refractivity contribution in [2.45, 2.75) is 50.7 Å². The van der Waals surface area contributed by atoms with Crippen molar-refractivity contribution in [3.63, 3.8) is 0 Å². The van der Waals surface area contributed by atoms with Gasteiger partial charge in [0.15, 0.2) is 0 Å². The minimum atomic E-state index is -0.663. The fraction of sp³-hybridized carbons (Fsp3) is 0.455. The molecular formula is C22H27FN6O2. The van der Waals surface area contributed by atoms with E-state index in [0.717, 1.165) is 36.1 Å². The number of nitrogens with one attached hydrogen (secondary N) is 3. The van der Waals surface area contributed by atoms with E-state index >= 15 is 0 Å². The highest BCUT2D eigenvalue weighted by molar-refractivity contribution is 5.89. The summed E-state index contributed by atoms with van der Waals surface area (Å²) >= 11 is 0. The Morgan fingerprint density at radius 2 is 2.10 bits per heavy atom. The highest BCUT2D eigenvalue weighted by atomic mass is 19.1. The maximum Gasteiger partial charge on any atom is 0.242 e. The number of amides is 2. The molecule has 1 aromatic carbocycles. The molecular weight excluding hydrogens is 399 g/mol. The zero-order chi connectivity index (χ0) is 22.0. The molecule has 1 unspecified atom stereocenters. The minimum Gasteiger partial charge on any atom is -0.368 e. The van der Waals surface area contributed by atoms with E-state index in [1.165, 1.54) is 12.1 Å². The maximum atomic E-state index is 13.1. The van der Waals surface area contributed by atoms with Crippen molar-refractivity contribution >= 4 is 17.8 Å². The molecule has 0 bridgehead atoms. The third-order valence-electron chi connectivity index (χ3n) is 6.01. The Balaban J connectivity index is 1.26. The number of nitrogen functional groups attached to an aromatic ring is 1. The normalized spacial score (nSPS) is 23.2. The molecule has 0 saturated carbocycles. The molecule has 2 aromatic rings. The first-order chi connectivity index (χ1) is 14.9. The van der Waals surface area contributed by atoms with Crippen LogP contribution in [0.1, 0.15) is 42.6 Å². The predicted octanol–water partition coefficient (Wildman–Crippen LogP) is 1.03. The summed E-state index contributed by atoms with van der Waals surface area (Å²) in [6, 6.07) is 5.27. The lowest BCUT2D eigenvalue weighted by molar-refractivity contribution is -0.129. The van der Waals surface area contributed by atoms with Crippen LogP contribution in [0.2, 0.25) is 0 Å². The van der Waals surface area contributed by atoms with Crippen LogP contribution in [0.25, 0.3) is 0 Å². The van der Waals surface area contributed by atoms with Gasteiger partial charge >= 0.3 is 0 Å². The monoisotopic (exact) mass is 426 g/mol. The summed E-state index contributed by atoms with van der Waals surface area (Å²) in [5.74, 6) is -0.174. The summed E-state index contributed by atoms with van der Waals surface area (Å²) in [4.78, 5) is 33.5.